The number of hydrogen-bond acceptors (Lipinski definition) is 4. The second-order valence-corrected chi connectivity index (χ2v) is 8.38. The number of aromatic nitrogens is 1. The van der Waals surface area contributed by atoms with Gasteiger partial charge in [-0.25, -0.2) is 4.98 Å². The third-order valence-corrected chi connectivity index (χ3v) is 6.13. The molecule has 1 atom stereocenters. The van der Waals surface area contributed by atoms with E-state index >= 15 is 0 Å². The fraction of sp³-hybridized carbons (Fsp3) is 0.478. The molecule has 5 nitrogen and oxygen atoms in total. The van der Waals surface area contributed by atoms with Gasteiger partial charge in [0.15, 0.2) is 0 Å². The van der Waals surface area contributed by atoms with Crippen molar-refractivity contribution in [1.82, 2.24) is 15.2 Å². The smallest absolute Gasteiger partial charge is 0.357 e. The Kier molecular flexibility index (Phi) is 6.46. The number of hydrogen-bond donors (Lipinski definition) is 1. The van der Waals surface area contributed by atoms with E-state index in [0.29, 0.717) is 31.7 Å². The maximum atomic E-state index is 12.7. The number of anilines is 1. The Bertz CT molecular complexity index is 865. The SMILES string of the molecule is O=C(NC1CCN(Cc2ccccc2)C1)C1CCN(c2ccc(C(F)(F)F)cn2)CC1. The Morgan fingerprint density at radius 1 is 1.03 bits per heavy atom. The maximum absolute atomic E-state index is 12.7. The lowest BCUT2D eigenvalue weighted by Gasteiger charge is -2.32. The van der Waals surface area contributed by atoms with E-state index in [-0.39, 0.29) is 17.9 Å². The summed E-state index contributed by atoms with van der Waals surface area (Å²) in [4.78, 5) is 21.0. The Morgan fingerprint density at radius 2 is 1.77 bits per heavy atom. The van der Waals surface area contributed by atoms with Gasteiger partial charge in [0.2, 0.25) is 5.91 Å². The third-order valence-electron chi connectivity index (χ3n) is 6.13. The summed E-state index contributed by atoms with van der Waals surface area (Å²) in [5, 5.41) is 3.20. The molecule has 0 saturated carbocycles. The summed E-state index contributed by atoms with van der Waals surface area (Å²) in [6, 6.07) is 13.0. The van der Waals surface area contributed by atoms with Crippen LogP contribution in [0.1, 0.15) is 30.4 Å². The van der Waals surface area contributed by atoms with Crippen LogP contribution in [-0.2, 0) is 17.5 Å². The van der Waals surface area contributed by atoms with Gasteiger partial charge in [0, 0.05) is 50.9 Å². The largest absolute Gasteiger partial charge is 0.417 e. The van der Waals surface area contributed by atoms with Gasteiger partial charge in [-0.2, -0.15) is 13.2 Å². The molecule has 1 amide bonds. The number of piperidine rings is 1. The van der Waals surface area contributed by atoms with Gasteiger partial charge in [0.1, 0.15) is 5.82 Å². The van der Waals surface area contributed by atoms with Crippen molar-refractivity contribution in [2.75, 3.05) is 31.1 Å². The monoisotopic (exact) mass is 432 g/mol. The number of carbonyl (C=O) groups is 1. The van der Waals surface area contributed by atoms with Crippen molar-refractivity contribution in [2.24, 2.45) is 5.92 Å². The first-order valence-corrected chi connectivity index (χ1v) is 10.7. The van der Waals surface area contributed by atoms with Crippen LogP contribution in [0.4, 0.5) is 19.0 Å². The summed E-state index contributed by atoms with van der Waals surface area (Å²) >= 11 is 0. The van der Waals surface area contributed by atoms with Crippen LogP contribution >= 0.6 is 0 Å². The molecule has 2 aliphatic heterocycles. The number of nitrogens with one attached hydrogen (secondary N) is 1. The summed E-state index contributed by atoms with van der Waals surface area (Å²) in [7, 11) is 0. The highest BCUT2D eigenvalue weighted by atomic mass is 19.4. The van der Waals surface area contributed by atoms with E-state index in [0.717, 1.165) is 38.3 Å². The molecule has 1 aromatic carbocycles. The maximum Gasteiger partial charge on any atom is 0.417 e. The van der Waals surface area contributed by atoms with Crippen LogP contribution in [0, 0.1) is 5.92 Å². The Balaban J connectivity index is 1.22. The molecule has 2 fully saturated rings. The van der Waals surface area contributed by atoms with E-state index in [4.69, 9.17) is 0 Å². The van der Waals surface area contributed by atoms with Gasteiger partial charge in [-0.15, -0.1) is 0 Å². The molecular weight excluding hydrogens is 405 g/mol. The minimum atomic E-state index is -4.38. The van der Waals surface area contributed by atoms with Gasteiger partial charge in [-0.05, 0) is 37.0 Å². The van der Waals surface area contributed by atoms with E-state index in [1.54, 1.807) is 0 Å². The molecule has 0 spiro atoms. The molecule has 3 heterocycles. The van der Waals surface area contributed by atoms with Crippen molar-refractivity contribution in [1.29, 1.82) is 0 Å². The van der Waals surface area contributed by atoms with E-state index in [9.17, 15) is 18.0 Å². The second-order valence-electron chi connectivity index (χ2n) is 8.38. The van der Waals surface area contributed by atoms with Gasteiger partial charge in [0.25, 0.3) is 0 Å². The van der Waals surface area contributed by atoms with Gasteiger partial charge in [-0.3, -0.25) is 9.69 Å². The number of alkyl halides is 3. The van der Waals surface area contributed by atoms with Crippen LogP contribution in [0.5, 0.6) is 0 Å². The zero-order chi connectivity index (χ0) is 21.8. The summed E-state index contributed by atoms with van der Waals surface area (Å²) in [5.74, 6) is 0.555. The number of pyridine rings is 1. The number of nitrogens with zero attached hydrogens (tertiary/aromatic N) is 3. The molecule has 2 saturated heterocycles. The predicted molar refractivity (Wildman–Crippen MR) is 112 cm³/mol. The molecule has 1 N–H and O–H groups in total. The normalized spacial score (nSPS) is 20.7. The quantitative estimate of drug-likeness (QED) is 0.783. The van der Waals surface area contributed by atoms with Crippen LogP contribution in [0.15, 0.2) is 48.7 Å². The molecule has 2 aliphatic rings. The lowest BCUT2D eigenvalue weighted by molar-refractivity contribution is -0.137. The van der Waals surface area contributed by atoms with E-state index in [1.807, 2.05) is 23.1 Å². The molecule has 0 aliphatic carbocycles. The van der Waals surface area contributed by atoms with Crippen molar-refractivity contribution in [3.8, 4) is 0 Å². The molecule has 1 unspecified atom stereocenters. The molecule has 8 heteroatoms. The molecule has 1 aromatic heterocycles. The van der Waals surface area contributed by atoms with Gasteiger partial charge < -0.3 is 10.2 Å². The van der Waals surface area contributed by atoms with Crippen molar-refractivity contribution < 1.29 is 18.0 Å². The summed E-state index contributed by atoms with van der Waals surface area (Å²) in [5.41, 5.74) is 0.530. The van der Waals surface area contributed by atoms with Crippen molar-refractivity contribution in [2.45, 2.75) is 38.0 Å². The van der Waals surface area contributed by atoms with E-state index in [1.165, 1.54) is 11.6 Å². The Labute approximate surface area is 180 Å². The number of benzene rings is 1. The number of halogens is 3. The first kappa shape index (κ1) is 21.6. The zero-order valence-electron chi connectivity index (χ0n) is 17.3. The lowest BCUT2D eigenvalue weighted by atomic mass is 9.95. The first-order valence-electron chi connectivity index (χ1n) is 10.7. The Morgan fingerprint density at radius 3 is 2.42 bits per heavy atom. The van der Waals surface area contributed by atoms with Crippen LogP contribution in [0.3, 0.4) is 0 Å². The molecule has 0 radical (unpaired) electrons. The van der Waals surface area contributed by atoms with Crippen molar-refractivity contribution >= 4 is 11.7 Å². The number of likely N-dealkylation sites (tertiary alicyclic amines) is 1. The topological polar surface area (TPSA) is 48.5 Å². The summed E-state index contributed by atoms with van der Waals surface area (Å²) in [6.07, 6.45) is -1.21. The zero-order valence-corrected chi connectivity index (χ0v) is 17.3. The van der Waals surface area contributed by atoms with Gasteiger partial charge in [-0.1, -0.05) is 30.3 Å². The minimum absolute atomic E-state index is 0.0612. The molecule has 2 aromatic rings. The summed E-state index contributed by atoms with van der Waals surface area (Å²) < 4.78 is 38.1. The fourth-order valence-corrected chi connectivity index (χ4v) is 4.37. The van der Waals surface area contributed by atoms with Gasteiger partial charge in [0.05, 0.1) is 5.56 Å². The first-order chi connectivity index (χ1) is 14.9. The average molecular weight is 432 g/mol. The van der Waals surface area contributed by atoms with Gasteiger partial charge >= 0.3 is 6.18 Å². The second kappa shape index (κ2) is 9.26. The molecule has 4 rings (SSSR count). The van der Waals surface area contributed by atoms with Crippen molar-refractivity contribution in [3.63, 3.8) is 0 Å². The number of amides is 1. The standard InChI is InChI=1S/C23H27F3N4O/c24-23(25,26)19-6-7-21(27-14-19)30-12-8-18(9-13-30)22(31)28-20-10-11-29(16-20)15-17-4-2-1-3-5-17/h1-7,14,18,20H,8-13,15-16H2,(H,28,31). The third kappa shape index (κ3) is 5.55. The predicted octanol–water partition coefficient (Wildman–Crippen LogP) is 3.71. The average Bonchev–Trinajstić information content (AvgIpc) is 3.20. The highest BCUT2D eigenvalue weighted by molar-refractivity contribution is 5.79. The van der Waals surface area contributed by atoms with E-state index < -0.39 is 11.7 Å². The van der Waals surface area contributed by atoms with Crippen LogP contribution in [0.2, 0.25) is 0 Å². The highest BCUT2D eigenvalue weighted by Gasteiger charge is 2.32. The van der Waals surface area contributed by atoms with Crippen LogP contribution < -0.4 is 10.2 Å². The number of carbonyl (C=O) groups excluding carboxylic acids is 1. The molecule has 31 heavy (non-hydrogen) atoms. The lowest BCUT2D eigenvalue weighted by Crippen LogP contribution is -2.44. The fourth-order valence-electron chi connectivity index (χ4n) is 4.37. The minimum Gasteiger partial charge on any atom is -0.357 e. The summed E-state index contributed by atoms with van der Waals surface area (Å²) in [6.45, 7) is 3.95. The molecular formula is C23H27F3N4O. The van der Waals surface area contributed by atoms with Crippen LogP contribution in [0.25, 0.3) is 0 Å². The van der Waals surface area contributed by atoms with E-state index in [2.05, 4.69) is 27.3 Å². The Hall–Kier alpha value is -2.61. The molecule has 0 bridgehead atoms. The highest BCUT2D eigenvalue weighted by Crippen LogP contribution is 2.30. The van der Waals surface area contributed by atoms with Crippen LogP contribution in [-0.4, -0.2) is 48.0 Å². The number of rotatable bonds is 5. The van der Waals surface area contributed by atoms with Crippen molar-refractivity contribution in [3.05, 3.63) is 59.8 Å². The molecule has 166 valence electrons.